The molecule has 1 aliphatic rings. The SMILES string of the molecule is CCCc1c(Cc2ccc(-c3ccccc3-c3noc(=O)[nH]3)cc2F)c(=O)n([C@H]2CC[C@H](OC(C)C(O)(CF)CF)CC2)c2ncnn12. The normalized spacial score (nSPS) is 17.6. The maximum absolute atomic E-state index is 15.9. The Kier molecular flexibility index (Phi) is 9.65. The topological polar surface area (TPSA) is 141 Å². The highest BCUT2D eigenvalue weighted by atomic mass is 19.1. The lowest BCUT2D eigenvalue weighted by Crippen LogP contribution is -2.48. The fourth-order valence-corrected chi connectivity index (χ4v) is 6.52. The Balaban J connectivity index is 1.31. The van der Waals surface area contributed by atoms with E-state index < -0.39 is 36.6 Å². The van der Waals surface area contributed by atoms with Crippen molar-refractivity contribution < 1.29 is 27.5 Å². The molecular weight excluding hydrogens is 629 g/mol. The quantitative estimate of drug-likeness (QED) is 0.187. The summed E-state index contributed by atoms with van der Waals surface area (Å²) in [6.45, 7) is 0.933. The zero-order valence-electron chi connectivity index (χ0n) is 26.7. The number of H-pyrrole nitrogens is 1. The van der Waals surface area contributed by atoms with E-state index in [1.54, 1.807) is 45.5 Å². The summed E-state index contributed by atoms with van der Waals surface area (Å²) in [4.78, 5) is 32.8. The van der Waals surface area contributed by atoms with Crippen molar-refractivity contribution in [2.45, 2.75) is 82.6 Å². The maximum Gasteiger partial charge on any atom is 0.439 e. The number of nitrogens with zero attached hydrogens (tertiary/aromatic N) is 5. The molecule has 0 radical (unpaired) electrons. The molecule has 3 aromatic heterocycles. The largest absolute Gasteiger partial charge is 0.439 e. The molecule has 3 heterocycles. The summed E-state index contributed by atoms with van der Waals surface area (Å²) >= 11 is 0. The third-order valence-corrected chi connectivity index (χ3v) is 9.29. The molecule has 5 aromatic rings. The number of ether oxygens (including phenoxy) is 1. The number of aromatic nitrogens is 6. The van der Waals surface area contributed by atoms with Gasteiger partial charge in [0.2, 0.25) is 5.78 Å². The summed E-state index contributed by atoms with van der Waals surface area (Å²) in [5.41, 5.74) is 0.699. The van der Waals surface area contributed by atoms with Crippen molar-refractivity contribution in [3.05, 3.63) is 92.3 Å². The van der Waals surface area contributed by atoms with Crippen LogP contribution in [0.1, 0.15) is 68.8 Å². The van der Waals surface area contributed by atoms with Gasteiger partial charge in [0.15, 0.2) is 5.82 Å². The van der Waals surface area contributed by atoms with Crippen LogP contribution in [0.5, 0.6) is 0 Å². The van der Waals surface area contributed by atoms with Gasteiger partial charge in [-0.1, -0.05) is 54.9 Å². The third-order valence-electron chi connectivity index (χ3n) is 9.29. The van der Waals surface area contributed by atoms with Gasteiger partial charge in [-0.05, 0) is 61.8 Å². The summed E-state index contributed by atoms with van der Waals surface area (Å²) in [7, 11) is 0. The first-order valence-corrected chi connectivity index (χ1v) is 16.1. The number of fused-ring (bicyclic) bond motifs is 1. The number of benzene rings is 2. The van der Waals surface area contributed by atoms with Crippen molar-refractivity contribution in [2.75, 3.05) is 13.3 Å². The van der Waals surface area contributed by atoms with Crippen molar-refractivity contribution in [1.29, 1.82) is 0 Å². The van der Waals surface area contributed by atoms with Crippen LogP contribution in [0, 0.1) is 5.82 Å². The zero-order valence-corrected chi connectivity index (χ0v) is 26.7. The molecule has 1 atom stereocenters. The number of aryl methyl sites for hydroxylation is 1. The molecule has 2 N–H and O–H groups in total. The number of rotatable bonds is 12. The minimum Gasteiger partial charge on any atom is -0.382 e. The molecule has 14 heteroatoms. The van der Waals surface area contributed by atoms with E-state index in [1.807, 2.05) is 6.92 Å². The van der Waals surface area contributed by atoms with E-state index in [0.717, 1.165) is 6.42 Å². The highest BCUT2D eigenvalue weighted by Gasteiger charge is 2.38. The number of aromatic amines is 1. The summed E-state index contributed by atoms with van der Waals surface area (Å²) in [5, 5.41) is 18.4. The lowest BCUT2D eigenvalue weighted by molar-refractivity contribution is -0.149. The van der Waals surface area contributed by atoms with Crippen LogP contribution in [0.2, 0.25) is 0 Å². The minimum atomic E-state index is -2.19. The molecule has 0 saturated heterocycles. The molecule has 0 amide bonds. The van der Waals surface area contributed by atoms with E-state index >= 15 is 4.39 Å². The van der Waals surface area contributed by atoms with E-state index in [2.05, 4.69) is 24.7 Å². The molecular formula is C34H37F3N6O5. The summed E-state index contributed by atoms with van der Waals surface area (Å²) in [6.07, 6.45) is 3.34. The van der Waals surface area contributed by atoms with Crippen molar-refractivity contribution in [3.63, 3.8) is 0 Å². The van der Waals surface area contributed by atoms with Gasteiger partial charge in [-0.2, -0.15) is 10.1 Å². The van der Waals surface area contributed by atoms with Gasteiger partial charge in [-0.25, -0.2) is 22.5 Å². The molecule has 2 aromatic carbocycles. The van der Waals surface area contributed by atoms with Crippen LogP contribution >= 0.6 is 0 Å². The van der Waals surface area contributed by atoms with Crippen molar-refractivity contribution in [3.8, 4) is 22.5 Å². The Bertz CT molecular complexity index is 2010. The highest BCUT2D eigenvalue weighted by molar-refractivity contribution is 5.80. The standard InChI is InChI=1S/C34H37F3N6O5/c1-3-6-29-27(15-22-10-9-21(16-28(22)37)25-7-4-5-8-26(25)30-40-33(45)48-41-30)31(44)42(32-38-19-39-43(29)32)23-11-13-24(14-12-23)47-20(2)34(46,17-35)18-36/h4-5,7-10,16,19-20,23-24,46H,3,6,11-15,17-18H2,1-2H3,(H,40,41,45)/t20?,23-,24-. The molecule has 1 saturated carbocycles. The average Bonchev–Trinajstić information content (AvgIpc) is 3.76. The predicted octanol–water partition coefficient (Wildman–Crippen LogP) is 5.14. The van der Waals surface area contributed by atoms with Gasteiger partial charge in [-0.15, -0.1) is 0 Å². The molecule has 1 unspecified atom stereocenters. The van der Waals surface area contributed by atoms with Crippen molar-refractivity contribution >= 4 is 5.78 Å². The van der Waals surface area contributed by atoms with Crippen LogP contribution in [0.25, 0.3) is 28.3 Å². The molecule has 11 nitrogen and oxygen atoms in total. The molecule has 0 bridgehead atoms. The lowest BCUT2D eigenvalue weighted by Gasteiger charge is -2.35. The zero-order chi connectivity index (χ0) is 34.0. The molecule has 0 aliphatic heterocycles. The second kappa shape index (κ2) is 13.9. The predicted molar refractivity (Wildman–Crippen MR) is 171 cm³/mol. The second-order valence-electron chi connectivity index (χ2n) is 12.4. The summed E-state index contributed by atoms with van der Waals surface area (Å²) in [6, 6.07) is 11.6. The van der Waals surface area contributed by atoms with Crippen molar-refractivity contribution in [1.82, 2.24) is 29.3 Å². The average molecular weight is 667 g/mol. The van der Waals surface area contributed by atoms with Gasteiger partial charge < -0.3 is 9.84 Å². The van der Waals surface area contributed by atoms with Crippen LogP contribution in [0.15, 0.2) is 62.9 Å². The van der Waals surface area contributed by atoms with E-state index in [9.17, 15) is 23.5 Å². The van der Waals surface area contributed by atoms with Gasteiger partial charge in [0, 0.05) is 23.6 Å². The Labute approximate surface area is 273 Å². The van der Waals surface area contributed by atoms with E-state index in [-0.39, 0.29) is 30.0 Å². The lowest BCUT2D eigenvalue weighted by atomic mass is 9.91. The number of hydrogen-bond acceptors (Lipinski definition) is 8. The van der Waals surface area contributed by atoms with Gasteiger partial charge in [0.05, 0.1) is 17.9 Å². The number of aliphatic hydroxyl groups is 1. The van der Waals surface area contributed by atoms with Gasteiger partial charge in [-0.3, -0.25) is 18.9 Å². The Morgan fingerprint density at radius 1 is 1.10 bits per heavy atom. The number of hydrogen-bond donors (Lipinski definition) is 2. The number of halogens is 3. The first-order valence-electron chi connectivity index (χ1n) is 16.1. The highest BCUT2D eigenvalue weighted by Crippen LogP contribution is 2.34. The molecule has 0 spiro atoms. The molecule has 254 valence electrons. The van der Waals surface area contributed by atoms with Gasteiger partial charge in [0.25, 0.3) is 5.56 Å². The molecule has 1 fully saturated rings. The van der Waals surface area contributed by atoms with E-state index in [4.69, 9.17) is 4.74 Å². The minimum absolute atomic E-state index is 0.0232. The maximum atomic E-state index is 15.9. The van der Waals surface area contributed by atoms with Crippen LogP contribution in [-0.4, -0.2) is 65.6 Å². The summed E-state index contributed by atoms with van der Waals surface area (Å²) in [5.74, 6) is -0.582. The second-order valence-corrected chi connectivity index (χ2v) is 12.4. The van der Waals surface area contributed by atoms with Gasteiger partial charge >= 0.3 is 5.76 Å². The Morgan fingerprint density at radius 3 is 2.48 bits per heavy atom. The smallest absolute Gasteiger partial charge is 0.382 e. The third kappa shape index (κ3) is 6.33. The monoisotopic (exact) mass is 666 g/mol. The Hall–Kier alpha value is -4.56. The molecule has 6 rings (SSSR count). The fourth-order valence-electron chi connectivity index (χ4n) is 6.52. The van der Waals surface area contributed by atoms with Crippen LogP contribution < -0.4 is 11.3 Å². The van der Waals surface area contributed by atoms with E-state index in [0.29, 0.717) is 71.4 Å². The van der Waals surface area contributed by atoms with Crippen LogP contribution in [0.4, 0.5) is 13.2 Å². The molecule has 48 heavy (non-hydrogen) atoms. The van der Waals surface area contributed by atoms with Crippen molar-refractivity contribution in [2.24, 2.45) is 0 Å². The van der Waals surface area contributed by atoms with Crippen LogP contribution in [-0.2, 0) is 17.6 Å². The first kappa shape index (κ1) is 33.3. The first-order chi connectivity index (χ1) is 23.2. The number of nitrogens with one attached hydrogen (secondary N) is 1. The summed E-state index contributed by atoms with van der Waals surface area (Å²) < 4.78 is 56.3. The van der Waals surface area contributed by atoms with Gasteiger partial charge in [0.1, 0.15) is 31.1 Å². The Morgan fingerprint density at radius 2 is 1.83 bits per heavy atom. The number of alkyl halides is 2. The van der Waals surface area contributed by atoms with Crippen LogP contribution in [0.3, 0.4) is 0 Å². The van der Waals surface area contributed by atoms with E-state index in [1.165, 1.54) is 19.3 Å². The fraction of sp³-hybridized carbons (Fsp3) is 0.441. The molecule has 1 aliphatic carbocycles.